The lowest BCUT2D eigenvalue weighted by Gasteiger charge is -2.29. The summed E-state index contributed by atoms with van der Waals surface area (Å²) in [7, 11) is 0. The summed E-state index contributed by atoms with van der Waals surface area (Å²) in [6, 6.07) is 13.5. The summed E-state index contributed by atoms with van der Waals surface area (Å²) in [6.45, 7) is 4.33. The molecule has 1 fully saturated rings. The van der Waals surface area contributed by atoms with Crippen molar-refractivity contribution in [3.63, 3.8) is 0 Å². The number of hydrogen-bond acceptors (Lipinski definition) is 2. The molecule has 3 aromatic carbocycles. The lowest BCUT2D eigenvalue weighted by atomic mass is 9.89. The van der Waals surface area contributed by atoms with Crippen LogP contribution in [0.5, 0.6) is 5.75 Å². The maximum Gasteiger partial charge on any atom is 0.201 e. The van der Waals surface area contributed by atoms with Gasteiger partial charge in [0.2, 0.25) is 5.82 Å². The fraction of sp³-hybridized carbons (Fsp3) is 0.333. The molecule has 0 aromatic heterocycles. The van der Waals surface area contributed by atoms with Gasteiger partial charge >= 0.3 is 0 Å². The summed E-state index contributed by atoms with van der Waals surface area (Å²) in [5.74, 6) is -4.73. The Morgan fingerprint density at radius 3 is 2.19 bits per heavy atom. The fourth-order valence-electron chi connectivity index (χ4n) is 4.67. The smallest absolute Gasteiger partial charge is 0.201 e. The minimum Gasteiger partial charge on any atom is -0.491 e. The highest BCUT2D eigenvalue weighted by molar-refractivity contribution is 5.66. The normalized spacial score (nSPS) is 18.1. The first kappa shape index (κ1) is 26.0. The van der Waals surface area contributed by atoms with Gasteiger partial charge in [0, 0.05) is 11.1 Å². The molecule has 190 valence electrons. The largest absolute Gasteiger partial charge is 0.491 e. The van der Waals surface area contributed by atoms with E-state index < -0.39 is 23.3 Å². The van der Waals surface area contributed by atoms with E-state index in [0.29, 0.717) is 19.4 Å². The highest BCUT2D eigenvalue weighted by Gasteiger charge is 2.25. The van der Waals surface area contributed by atoms with E-state index in [-0.39, 0.29) is 41.1 Å². The average Bonchev–Trinajstić information content (AvgIpc) is 2.89. The highest BCUT2D eigenvalue weighted by Crippen LogP contribution is 2.35. The van der Waals surface area contributed by atoms with Gasteiger partial charge in [-0.05, 0) is 74.3 Å². The van der Waals surface area contributed by atoms with Crippen LogP contribution in [0.1, 0.15) is 55.9 Å². The molecule has 4 rings (SSSR count). The van der Waals surface area contributed by atoms with E-state index in [9.17, 15) is 17.6 Å². The zero-order valence-electron chi connectivity index (χ0n) is 20.5. The van der Waals surface area contributed by atoms with Crippen LogP contribution in [-0.2, 0) is 11.2 Å². The Bertz CT molecular complexity index is 1210. The quantitative estimate of drug-likeness (QED) is 0.290. The number of aryl methyl sites for hydroxylation is 1. The molecule has 1 heterocycles. The van der Waals surface area contributed by atoms with Crippen molar-refractivity contribution in [3.8, 4) is 16.9 Å². The van der Waals surface area contributed by atoms with E-state index in [0.717, 1.165) is 24.0 Å². The molecule has 0 saturated carbocycles. The van der Waals surface area contributed by atoms with Crippen LogP contribution in [0.4, 0.5) is 17.6 Å². The number of allylic oxidation sites excluding steroid dienone is 1. The molecule has 0 bridgehead atoms. The van der Waals surface area contributed by atoms with Crippen LogP contribution in [0.15, 0.2) is 54.6 Å². The van der Waals surface area contributed by atoms with Crippen molar-refractivity contribution >= 4 is 6.08 Å². The SMILES string of the molecule is CC=Cc1ccc(C2CCC(CCc3ccc(-c4ccc(OCC)c(F)c4F)c(F)c3F)CO2)cc1. The van der Waals surface area contributed by atoms with Gasteiger partial charge in [0.1, 0.15) is 0 Å². The van der Waals surface area contributed by atoms with Crippen molar-refractivity contribution < 1.29 is 27.0 Å². The van der Waals surface area contributed by atoms with Crippen molar-refractivity contribution in [2.45, 2.75) is 45.6 Å². The van der Waals surface area contributed by atoms with Crippen molar-refractivity contribution in [1.82, 2.24) is 0 Å². The third-order valence-corrected chi connectivity index (χ3v) is 6.66. The van der Waals surface area contributed by atoms with Gasteiger partial charge in [-0.3, -0.25) is 0 Å². The number of halogens is 4. The molecule has 0 radical (unpaired) electrons. The number of rotatable bonds is 8. The van der Waals surface area contributed by atoms with Crippen LogP contribution in [0.3, 0.4) is 0 Å². The molecule has 1 aliphatic rings. The van der Waals surface area contributed by atoms with Gasteiger partial charge in [-0.15, -0.1) is 0 Å². The van der Waals surface area contributed by atoms with Crippen LogP contribution < -0.4 is 4.74 Å². The van der Waals surface area contributed by atoms with Gasteiger partial charge < -0.3 is 9.47 Å². The third-order valence-electron chi connectivity index (χ3n) is 6.66. The van der Waals surface area contributed by atoms with Crippen molar-refractivity contribution in [2.24, 2.45) is 5.92 Å². The molecule has 1 aliphatic heterocycles. The van der Waals surface area contributed by atoms with Crippen molar-refractivity contribution in [1.29, 1.82) is 0 Å². The molecule has 0 aliphatic carbocycles. The van der Waals surface area contributed by atoms with Gasteiger partial charge in [0.15, 0.2) is 23.2 Å². The third kappa shape index (κ3) is 5.65. The molecule has 0 spiro atoms. The van der Waals surface area contributed by atoms with E-state index in [1.54, 1.807) is 6.92 Å². The maximum atomic E-state index is 14.9. The van der Waals surface area contributed by atoms with Crippen LogP contribution in [0.25, 0.3) is 17.2 Å². The minimum atomic E-state index is -1.27. The molecule has 0 N–H and O–H groups in total. The number of hydrogen-bond donors (Lipinski definition) is 0. The van der Waals surface area contributed by atoms with Crippen LogP contribution >= 0.6 is 0 Å². The minimum absolute atomic E-state index is 0.0405. The first-order valence-corrected chi connectivity index (χ1v) is 12.3. The predicted octanol–water partition coefficient (Wildman–Crippen LogP) is 8.44. The first-order valence-electron chi connectivity index (χ1n) is 12.3. The Labute approximate surface area is 209 Å². The molecule has 2 atom stereocenters. The molecular formula is C30H30F4O2. The second kappa shape index (κ2) is 11.7. The van der Waals surface area contributed by atoms with Gasteiger partial charge in [0.25, 0.3) is 0 Å². The number of ether oxygens (including phenoxy) is 2. The summed E-state index contributed by atoms with van der Waals surface area (Å²) >= 11 is 0. The van der Waals surface area contributed by atoms with Crippen LogP contribution in [0.2, 0.25) is 0 Å². The second-order valence-corrected chi connectivity index (χ2v) is 9.04. The molecule has 2 nitrogen and oxygen atoms in total. The van der Waals surface area contributed by atoms with Gasteiger partial charge in [0.05, 0.1) is 19.3 Å². The van der Waals surface area contributed by atoms with Gasteiger partial charge in [-0.1, -0.05) is 48.6 Å². The lowest BCUT2D eigenvalue weighted by molar-refractivity contribution is -0.0192. The molecular weight excluding hydrogens is 468 g/mol. The summed E-state index contributed by atoms with van der Waals surface area (Å²) in [4.78, 5) is 0. The lowest BCUT2D eigenvalue weighted by Crippen LogP contribution is -2.21. The highest BCUT2D eigenvalue weighted by atomic mass is 19.2. The average molecular weight is 499 g/mol. The number of benzene rings is 3. The molecule has 6 heteroatoms. The fourth-order valence-corrected chi connectivity index (χ4v) is 4.67. The second-order valence-electron chi connectivity index (χ2n) is 9.04. The van der Waals surface area contributed by atoms with Crippen LogP contribution in [0, 0.1) is 29.2 Å². The van der Waals surface area contributed by atoms with E-state index in [1.807, 2.05) is 19.1 Å². The standard InChI is InChI=1S/C30H30F4O2/c1-3-5-19-6-10-21(11-7-19)25-16-9-20(18-36-25)8-12-22-13-14-23(28(32)27(22)31)24-15-17-26(35-4-2)30(34)29(24)33/h3,5-7,10-11,13-15,17,20,25H,4,8-9,12,16,18H2,1-2H3. The van der Waals surface area contributed by atoms with E-state index in [2.05, 4.69) is 24.3 Å². The Morgan fingerprint density at radius 1 is 0.861 bits per heavy atom. The van der Waals surface area contributed by atoms with Crippen molar-refractivity contribution in [3.05, 3.63) is 94.6 Å². The van der Waals surface area contributed by atoms with Crippen molar-refractivity contribution in [2.75, 3.05) is 13.2 Å². The monoisotopic (exact) mass is 498 g/mol. The molecule has 36 heavy (non-hydrogen) atoms. The van der Waals surface area contributed by atoms with E-state index in [4.69, 9.17) is 9.47 Å². The Hall–Kier alpha value is -3.12. The van der Waals surface area contributed by atoms with E-state index >= 15 is 0 Å². The van der Waals surface area contributed by atoms with Crippen LogP contribution in [-0.4, -0.2) is 13.2 Å². The topological polar surface area (TPSA) is 18.5 Å². The van der Waals surface area contributed by atoms with E-state index in [1.165, 1.54) is 24.3 Å². The van der Waals surface area contributed by atoms with Gasteiger partial charge in [-0.2, -0.15) is 4.39 Å². The Balaban J connectivity index is 1.38. The summed E-state index contributed by atoms with van der Waals surface area (Å²) in [5, 5.41) is 0. The molecule has 2 unspecified atom stereocenters. The molecule has 3 aromatic rings. The maximum absolute atomic E-state index is 14.9. The first-order chi connectivity index (χ1) is 17.4. The predicted molar refractivity (Wildman–Crippen MR) is 134 cm³/mol. The summed E-state index contributed by atoms with van der Waals surface area (Å²) in [6.07, 6.45) is 6.86. The zero-order valence-corrected chi connectivity index (χ0v) is 20.5. The Kier molecular flexibility index (Phi) is 8.47. The summed E-state index contributed by atoms with van der Waals surface area (Å²) in [5.41, 5.74) is 1.84. The molecule has 1 saturated heterocycles. The zero-order chi connectivity index (χ0) is 25.7. The summed E-state index contributed by atoms with van der Waals surface area (Å²) < 4.78 is 69.6. The molecule has 0 amide bonds. The Morgan fingerprint density at radius 2 is 1.56 bits per heavy atom. The van der Waals surface area contributed by atoms with Gasteiger partial charge in [-0.25, -0.2) is 13.2 Å².